The van der Waals surface area contributed by atoms with Crippen LogP contribution in [0, 0.1) is 5.82 Å². The Labute approximate surface area is 113 Å². The maximum absolute atomic E-state index is 13.2. The van der Waals surface area contributed by atoms with Crippen LogP contribution in [-0.4, -0.2) is 20.5 Å². The number of nitrogens with one attached hydrogen (secondary N) is 1. The van der Waals surface area contributed by atoms with Gasteiger partial charge in [0.2, 0.25) is 0 Å². The number of benzene rings is 1. The van der Waals surface area contributed by atoms with Gasteiger partial charge in [-0.15, -0.1) is 0 Å². The van der Waals surface area contributed by atoms with Crippen molar-refractivity contribution in [2.75, 3.05) is 11.1 Å². The lowest BCUT2D eigenvalue weighted by Gasteiger charge is -2.05. The predicted octanol–water partition coefficient (Wildman–Crippen LogP) is 1.70. The highest BCUT2D eigenvalue weighted by Crippen LogP contribution is 2.17. The van der Waals surface area contributed by atoms with Crippen molar-refractivity contribution in [1.82, 2.24) is 14.6 Å². The van der Waals surface area contributed by atoms with Crippen LogP contribution in [0.15, 0.2) is 43.0 Å². The van der Waals surface area contributed by atoms with Crippen LogP contribution < -0.4 is 11.1 Å². The summed E-state index contributed by atoms with van der Waals surface area (Å²) >= 11 is 0. The number of nitrogen functional groups attached to an aromatic ring is 1. The van der Waals surface area contributed by atoms with Crippen LogP contribution >= 0.6 is 0 Å². The molecule has 0 saturated heterocycles. The van der Waals surface area contributed by atoms with Gasteiger partial charge in [-0.05, 0) is 18.2 Å². The lowest BCUT2D eigenvalue weighted by molar-refractivity contribution is 0.102. The topological polar surface area (TPSA) is 85.3 Å². The van der Waals surface area contributed by atoms with E-state index in [2.05, 4.69) is 15.4 Å². The van der Waals surface area contributed by atoms with E-state index in [-0.39, 0.29) is 11.4 Å². The van der Waals surface area contributed by atoms with Gasteiger partial charge in [0.05, 0.1) is 23.5 Å². The molecule has 3 rings (SSSR count). The van der Waals surface area contributed by atoms with Gasteiger partial charge in [-0.3, -0.25) is 9.78 Å². The van der Waals surface area contributed by atoms with E-state index in [1.165, 1.54) is 35.1 Å². The summed E-state index contributed by atoms with van der Waals surface area (Å²) < 4.78 is 14.7. The Bertz CT molecular complexity index is 778. The highest BCUT2D eigenvalue weighted by molar-refractivity contribution is 6.08. The summed E-state index contributed by atoms with van der Waals surface area (Å²) in [7, 11) is 0. The molecular weight excluding hydrogens is 261 g/mol. The molecule has 0 bridgehead atoms. The molecule has 0 fully saturated rings. The van der Waals surface area contributed by atoms with Gasteiger partial charge in [0.1, 0.15) is 5.82 Å². The molecule has 1 amide bonds. The summed E-state index contributed by atoms with van der Waals surface area (Å²) in [5.74, 6) is -0.917. The van der Waals surface area contributed by atoms with Crippen LogP contribution in [0.1, 0.15) is 10.4 Å². The number of hydrogen-bond acceptors (Lipinski definition) is 4. The van der Waals surface area contributed by atoms with Crippen molar-refractivity contribution >= 4 is 22.8 Å². The van der Waals surface area contributed by atoms with E-state index >= 15 is 0 Å². The Morgan fingerprint density at radius 2 is 2.15 bits per heavy atom. The summed E-state index contributed by atoms with van der Waals surface area (Å²) in [6.45, 7) is 0. The Hall–Kier alpha value is -2.96. The minimum Gasteiger partial charge on any atom is -0.399 e. The lowest BCUT2D eigenvalue weighted by Crippen LogP contribution is -2.12. The van der Waals surface area contributed by atoms with Crippen molar-refractivity contribution < 1.29 is 9.18 Å². The third-order valence-electron chi connectivity index (χ3n) is 2.75. The van der Waals surface area contributed by atoms with Crippen LogP contribution in [0.3, 0.4) is 0 Å². The first-order valence-corrected chi connectivity index (χ1v) is 5.78. The lowest BCUT2D eigenvalue weighted by atomic mass is 10.2. The third-order valence-corrected chi connectivity index (χ3v) is 2.75. The molecule has 0 radical (unpaired) electrons. The molecule has 0 atom stereocenters. The van der Waals surface area contributed by atoms with E-state index in [0.29, 0.717) is 11.1 Å². The fourth-order valence-corrected chi connectivity index (χ4v) is 1.89. The number of hydrogen-bond donors (Lipinski definition) is 2. The number of nitrogens with two attached hydrogens (primary N) is 1. The van der Waals surface area contributed by atoms with Gasteiger partial charge in [-0.25, -0.2) is 8.91 Å². The molecule has 2 heterocycles. The fourth-order valence-electron chi connectivity index (χ4n) is 1.89. The van der Waals surface area contributed by atoms with Crippen LogP contribution in [0.25, 0.3) is 5.52 Å². The van der Waals surface area contributed by atoms with Gasteiger partial charge in [-0.1, -0.05) is 0 Å². The summed E-state index contributed by atoms with van der Waals surface area (Å²) in [6.07, 6.45) is 6.15. The molecule has 0 aliphatic carbocycles. The predicted molar refractivity (Wildman–Crippen MR) is 71.8 cm³/mol. The number of nitrogens with zero attached hydrogens (tertiary/aromatic N) is 3. The summed E-state index contributed by atoms with van der Waals surface area (Å²) in [6, 6.07) is 3.85. The minimum atomic E-state index is -0.512. The van der Waals surface area contributed by atoms with Crippen LogP contribution in [0.2, 0.25) is 0 Å². The molecule has 0 saturated carbocycles. The van der Waals surface area contributed by atoms with Gasteiger partial charge in [-0.2, -0.15) is 5.10 Å². The molecule has 20 heavy (non-hydrogen) atoms. The first-order valence-electron chi connectivity index (χ1n) is 5.78. The van der Waals surface area contributed by atoms with Gasteiger partial charge in [0, 0.05) is 23.8 Å². The van der Waals surface area contributed by atoms with Gasteiger partial charge in [0.15, 0.2) is 0 Å². The molecule has 3 N–H and O–H groups in total. The second kappa shape index (κ2) is 4.61. The van der Waals surface area contributed by atoms with E-state index in [4.69, 9.17) is 5.73 Å². The quantitative estimate of drug-likeness (QED) is 0.695. The Morgan fingerprint density at radius 3 is 2.95 bits per heavy atom. The van der Waals surface area contributed by atoms with E-state index in [9.17, 15) is 9.18 Å². The second-order valence-corrected chi connectivity index (χ2v) is 4.19. The number of fused-ring (bicyclic) bond motifs is 1. The molecule has 1 aromatic carbocycles. The number of rotatable bonds is 2. The van der Waals surface area contributed by atoms with Crippen LogP contribution in [-0.2, 0) is 0 Å². The summed E-state index contributed by atoms with van der Waals surface area (Å²) in [5.41, 5.74) is 6.96. The van der Waals surface area contributed by atoms with Crippen molar-refractivity contribution in [1.29, 1.82) is 0 Å². The number of carbonyl (C=O) groups is 1. The van der Waals surface area contributed by atoms with Crippen molar-refractivity contribution in [2.45, 2.75) is 0 Å². The Balaban J connectivity index is 1.93. The zero-order valence-corrected chi connectivity index (χ0v) is 10.2. The standard InChI is InChI=1S/C13H10FN5O/c14-8-3-9(15)5-10(4-8)18-13(20)11-6-17-19-2-1-16-7-12(11)19/h1-7H,15H2,(H,18,20). The SMILES string of the molecule is Nc1cc(F)cc(NC(=O)c2cnn3ccncc23)c1. The largest absolute Gasteiger partial charge is 0.399 e. The molecule has 6 nitrogen and oxygen atoms in total. The van der Waals surface area contributed by atoms with Crippen molar-refractivity contribution in [3.8, 4) is 0 Å². The number of carbonyl (C=O) groups excluding carboxylic acids is 1. The molecule has 0 aliphatic heterocycles. The summed E-state index contributed by atoms with van der Waals surface area (Å²) in [4.78, 5) is 16.1. The van der Waals surface area contributed by atoms with Crippen LogP contribution in [0.5, 0.6) is 0 Å². The normalized spacial score (nSPS) is 10.7. The molecular formula is C13H10FN5O. The van der Waals surface area contributed by atoms with Crippen LogP contribution in [0.4, 0.5) is 15.8 Å². The molecule has 2 aromatic heterocycles. The maximum atomic E-state index is 13.2. The second-order valence-electron chi connectivity index (χ2n) is 4.19. The fraction of sp³-hybridized carbons (Fsp3) is 0. The molecule has 0 unspecified atom stereocenters. The molecule has 100 valence electrons. The number of anilines is 2. The van der Waals surface area contributed by atoms with Crippen molar-refractivity contribution in [2.24, 2.45) is 0 Å². The Morgan fingerprint density at radius 1 is 1.30 bits per heavy atom. The highest BCUT2D eigenvalue weighted by Gasteiger charge is 2.13. The highest BCUT2D eigenvalue weighted by atomic mass is 19.1. The van der Waals surface area contributed by atoms with Gasteiger partial charge >= 0.3 is 0 Å². The number of halogens is 1. The number of amides is 1. The van der Waals surface area contributed by atoms with Gasteiger partial charge < -0.3 is 11.1 Å². The van der Waals surface area contributed by atoms with E-state index in [1.807, 2.05) is 0 Å². The average molecular weight is 271 g/mol. The monoisotopic (exact) mass is 271 g/mol. The smallest absolute Gasteiger partial charge is 0.259 e. The minimum absolute atomic E-state index is 0.238. The molecule has 0 aliphatic rings. The molecule has 3 aromatic rings. The molecule has 0 spiro atoms. The Kier molecular flexibility index (Phi) is 2.79. The van der Waals surface area contributed by atoms with E-state index in [0.717, 1.165) is 0 Å². The molecule has 7 heteroatoms. The van der Waals surface area contributed by atoms with E-state index < -0.39 is 11.7 Å². The van der Waals surface area contributed by atoms with E-state index in [1.54, 1.807) is 12.4 Å². The third kappa shape index (κ3) is 2.16. The first-order chi connectivity index (χ1) is 9.63. The number of aromatic nitrogens is 3. The summed E-state index contributed by atoms with van der Waals surface area (Å²) in [5, 5.41) is 6.61. The first kappa shape index (κ1) is 12.1. The zero-order chi connectivity index (χ0) is 14.1. The zero-order valence-electron chi connectivity index (χ0n) is 10.2. The van der Waals surface area contributed by atoms with Crippen molar-refractivity contribution in [3.05, 3.63) is 54.4 Å². The van der Waals surface area contributed by atoms with Gasteiger partial charge in [0.25, 0.3) is 5.91 Å². The van der Waals surface area contributed by atoms with Crippen molar-refractivity contribution in [3.63, 3.8) is 0 Å². The average Bonchev–Trinajstić information content (AvgIpc) is 2.81. The maximum Gasteiger partial charge on any atom is 0.259 e.